The molecule has 1 aromatic rings. The molecule has 0 bridgehead atoms. The van der Waals surface area contributed by atoms with Crippen molar-refractivity contribution in [3.63, 3.8) is 0 Å². The van der Waals surface area contributed by atoms with Crippen LogP contribution in [0.25, 0.3) is 0 Å². The molecule has 0 aliphatic carbocycles. The molecule has 84 valence electrons. The van der Waals surface area contributed by atoms with Gasteiger partial charge in [0.1, 0.15) is 11.8 Å². The van der Waals surface area contributed by atoms with Crippen LogP contribution in [0.2, 0.25) is 0 Å². The second-order valence-corrected chi connectivity index (χ2v) is 4.71. The zero-order valence-electron chi connectivity index (χ0n) is 8.66. The molecule has 1 aromatic heterocycles. The fourth-order valence-electron chi connectivity index (χ4n) is 1.27. The van der Waals surface area contributed by atoms with Gasteiger partial charge in [0, 0.05) is 0 Å². The molecule has 15 heavy (non-hydrogen) atoms. The fraction of sp³-hybridized carbons (Fsp3) is 0.500. The van der Waals surface area contributed by atoms with Crippen LogP contribution in [0.5, 0.6) is 0 Å². The van der Waals surface area contributed by atoms with Gasteiger partial charge in [-0.2, -0.15) is 0 Å². The van der Waals surface area contributed by atoms with Crippen molar-refractivity contribution in [2.75, 3.05) is 0 Å². The van der Waals surface area contributed by atoms with E-state index in [2.05, 4.69) is 27.9 Å². The standard InChI is InChI=1S/C10H14INO3/c1-6(2)9(10(13)14)12-5-7-3-4-8(11)15-7/h3-4,6,9,12H,5H2,1-2H3,(H,13,14). The predicted octanol–water partition coefficient (Wildman–Crippen LogP) is 2.08. The van der Waals surface area contributed by atoms with Gasteiger partial charge in [0.15, 0.2) is 3.77 Å². The highest BCUT2D eigenvalue weighted by Gasteiger charge is 2.20. The van der Waals surface area contributed by atoms with Crippen LogP contribution in [0.4, 0.5) is 0 Å². The number of aliphatic carboxylic acids is 1. The molecule has 1 heterocycles. The average molecular weight is 323 g/mol. The number of rotatable bonds is 5. The molecule has 1 unspecified atom stereocenters. The Kier molecular flexibility index (Phi) is 4.59. The Morgan fingerprint density at radius 2 is 2.27 bits per heavy atom. The Bertz CT molecular complexity index is 335. The van der Waals surface area contributed by atoms with E-state index >= 15 is 0 Å². The topological polar surface area (TPSA) is 62.5 Å². The van der Waals surface area contributed by atoms with E-state index in [1.54, 1.807) is 0 Å². The van der Waals surface area contributed by atoms with E-state index < -0.39 is 12.0 Å². The van der Waals surface area contributed by atoms with Gasteiger partial charge in [-0.15, -0.1) is 0 Å². The van der Waals surface area contributed by atoms with Crippen molar-refractivity contribution in [2.24, 2.45) is 5.92 Å². The molecular formula is C10H14INO3. The molecule has 1 rings (SSSR count). The van der Waals surface area contributed by atoms with Crippen LogP contribution in [-0.2, 0) is 11.3 Å². The minimum atomic E-state index is -0.828. The summed E-state index contributed by atoms with van der Waals surface area (Å²) >= 11 is 2.07. The molecule has 1 atom stereocenters. The number of hydrogen-bond acceptors (Lipinski definition) is 3. The highest BCUT2D eigenvalue weighted by molar-refractivity contribution is 14.1. The maximum atomic E-state index is 10.9. The number of hydrogen-bond donors (Lipinski definition) is 2. The van der Waals surface area contributed by atoms with Gasteiger partial charge in [-0.1, -0.05) is 13.8 Å². The number of halogens is 1. The Morgan fingerprint density at radius 3 is 2.67 bits per heavy atom. The second-order valence-electron chi connectivity index (χ2n) is 3.65. The number of nitrogens with one attached hydrogen (secondary N) is 1. The number of furan rings is 1. The Morgan fingerprint density at radius 1 is 1.60 bits per heavy atom. The molecule has 0 aliphatic rings. The molecule has 0 spiro atoms. The first kappa shape index (κ1) is 12.5. The third kappa shape index (κ3) is 3.83. The lowest BCUT2D eigenvalue weighted by molar-refractivity contribution is -0.140. The minimum Gasteiger partial charge on any atom is -0.480 e. The Labute approximate surface area is 102 Å². The average Bonchev–Trinajstić information content (AvgIpc) is 2.50. The van der Waals surface area contributed by atoms with Crippen LogP contribution in [-0.4, -0.2) is 17.1 Å². The second kappa shape index (κ2) is 5.50. The van der Waals surface area contributed by atoms with Gasteiger partial charge in [0.2, 0.25) is 0 Å². The predicted molar refractivity (Wildman–Crippen MR) is 64.5 cm³/mol. The van der Waals surface area contributed by atoms with E-state index in [-0.39, 0.29) is 5.92 Å². The third-order valence-electron chi connectivity index (χ3n) is 2.06. The van der Waals surface area contributed by atoms with Crippen molar-refractivity contribution in [3.05, 3.63) is 21.7 Å². The lowest BCUT2D eigenvalue weighted by Crippen LogP contribution is -2.40. The number of carboxylic acid groups (broad SMARTS) is 1. The molecular weight excluding hydrogens is 309 g/mol. The van der Waals surface area contributed by atoms with E-state index in [1.165, 1.54) is 0 Å². The van der Waals surface area contributed by atoms with E-state index in [4.69, 9.17) is 9.52 Å². The summed E-state index contributed by atoms with van der Waals surface area (Å²) in [6.45, 7) is 4.19. The first-order valence-electron chi connectivity index (χ1n) is 4.71. The van der Waals surface area contributed by atoms with Gasteiger partial charge in [-0.3, -0.25) is 10.1 Å². The van der Waals surface area contributed by atoms with E-state index in [0.717, 1.165) is 9.53 Å². The summed E-state index contributed by atoms with van der Waals surface area (Å²) in [6, 6.07) is 3.16. The summed E-state index contributed by atoms with van der Waals surface area (Å²) in [7, 11) is 0. The Balaban J connectivity index is 2.50. The maximum Gasteiger partial charge on any atom is 0.320 e. The Hall–Kier alpha value is -0.560. The molecule has 0 amide bonds. The molecule has 4 nitrogen and oxygen atoms in total. The molecule has 0 radical (unpaired) electrons. The summed E-state index contributed by atoms with van der Waals surface area (Å²) in [5, 5.41) is 11.9. The lowest BCUT2D eigenvalue weighted by Gasteiger charge is -2.16. The fourth-order valence-corrected chi connectivity index (χ4v) is 1.73. The van der Waals surface area contributed by atoms with Crippen LogP contribution in [0, 0.1) is 9.68 Å². The van der Waals surface area contributed by atoms with Crippen LogP contribution in [0.15, 0.2) is 16.5 Å². The van der Waals surface area contributed by atoms with Gasteiger partial charge in [0.25, 0.3) is 0 Å². The van der Waals surface area contributed by atoms with Crippen LogP contribution >= 0.6 is 22.6 Å². The first-order chi connectivity index (χ1) is 7.00. The van der Waals surface area contributed by atoms with E-state index in [0.29, 0.717) is 6.54 Å². The smallest absolute Gasteiger partial charge is 0.320 e. The van der Waals surface area contributed by atoms with E-state index in [9.17, 15) is 4.79 Å². The van der Waals surface area contributed by atoms with Crippen molar-refractivity contribution < 1.29 is 14.3 Å². The lowest BCUT2D eigenvalue weighted by atomic mass is 10.1. The highest BCUT2D eigenvalue weighted by Crippen LogP contribution is 2.10. The van der Waals surface area contributed by atoms with Crippen molar-refractivity contribution in [3.8, 4) is 0 Å². The molecule has 0 fully saturated rings. The van der Waals surface area contributed by atoms with Gasteiger partial charge in [-0.05, 0) is 40.6 Å². The van der Waals surface area contributed by atoms with Crippen molar-refractivity contribution in [1.29, 1.82) is 0 Å². The molecule has 0 saturated heterocycles. The molecule has 5 heteroatoms. The largest absolute Gasteiger partial charge is 0.480 e. The molecule has 0 aliphatic heterocycles. The highest BCUT2D eigenvalue weighted by atomic mass is 127. The number of carbonyl (C=O) groups is 1. The van der Waals surface area contributed by atoms with Crippen molar-refractivity contribution >= 4 is 28.6 Å². The summed E-state index contributed by atoms with van der Waals surface area (Å²) in [5.74, 6) is -0.0194. The maximum absolute atomic E-state index is 10.9. The third-order valence-corrected chi connectivity index (χ3v) is 2.64. The molecule has 0 saturated carbocycles. The summed E-state index contributed by atoms with van der Waals surface area (Å²) in [5.41, 5.74) is 0. The quantitative estimate of drug-likeness (QED) is 0.815. The monoisotopic (exact) mass is 323 g/mol. The van der Waals surface area contributed by atoms with Crippen molar-refractivity contribution in [2.45, 2.75) is 26.4 Å². The van der Waals surface area contributed by atoms with E-state index in [1.807, 2.05) is 26.0 Å². The minimum absolute atomic E-state index is 0.0523. The van der Waals surface area contributed by atoms with Gasteiger partial charge >= 0.3 is 5.97 Å². The summed E-state index contributed by atoms with van der Waals surface area (Å²) in [4.78, 5) is 10.9. The zero-order chi connectivity index (χ0) is 11.4. The first-order valence-corrected chi connectivity index (χ1v) is 5.79. The number of carboxylic acids is 1. The van der Waals surface area contributed by atoms with Crippen molar-refractivity contribution in [1.82, 2.24) is 5.32 Å². The van der Waals surface area contributed by atoms with Gasteiger partial charge < -0.3 is 9.52 Å². The SMILES string of the molecule is CC(C)C(NCc1ccc(I)o1)C(=O)O. The zero-order valence-corrected chi connectivity index (χ0v) is 10.8. The van der Waals surface area contributed by atoms with Gasteiger partial charge in [-0.25, -0.2) is 0 Å². The van der Waals surface area contributed by atoms with Crippen LogP contribution < -0.4 is 5.32 Å². The summed E-state index contributed by atoms with van der Waals surface area (Å²) in [6.07, 6.45) is 0. The van der Waals surface area contributed by atoms with Crippen LogP contribution in [0.1, 0.15) is 19.6 Å². The van der Waals surface area contributed by atoms with Gasteiger partial charge in [0.05, 0.1) is 6.54 Å². The van der Waals surface area contributed by atoms with Crippen LogP contribution in [0.3, 0.4) is 0 Å². The summed E-state index contributed by atoms with van der Waals surface area (Å²) < 4.78 is 6.13. The normalized spacial score (nSPS) is 13.1. The molecule has 2 N–H and O–H groups in total. The molecule has 0 aromatic carbocycles.